The number of anilines is 1. The molecule has 3 aromatic rings. The second-order valence-electron chi connectivity index (χ2n) is 5.60. The highest BCUT2D eigenvalue weighted by Gasteiger charge is 2.11. The number of hydrogen-bond donors (Lipinski definition) is 1. The Kier molecular flexibility index (Phi) is 4.62. The normalized spacial score (nSPS) is 10.2. The number of methoxy groups -OCH3 is 1. The van der Waals surface area contributed by atoms with E-state index in [1.807, 2.05) is 49.4 Å². The lowest BCUT2D eigenvalue weighted by Crippen LogP contribution is -2.12. The van der Waals surface area contributed by atoms with Crippen molar-refractivity contribution in [3.63, 3.8) is 0 Å². The van der Waals surface area contributed by atoms with E-state index in [1.54, 1.807) is 31.4 Å². The molecule has 0 aliphatic carbocycles. The van der Waals surface area contributed by atoms with Crippen LogP contribution in [-0.4, -0.2) is 13.0 Å². The maximum Gasteiger partial charge on any atom is 0.255 e. The Hall–Kier alpha value is -3.07. The van der Waals surface area contributed by atoms with E-state index in [1.165, 1.54) is 0 Å². The van der Waals surface area contributed by atoms with Crippen LogP contribution in [0.15, 0.2) is 72.8 Å². The van der Waals surface area contributed by atoms with Gasteiger partial charge in [0.2, 0.25) is 0 Å². The molecule has 0 unspecified atom stereocenters. The summed E-state index contributed by atoms with van der Waals surface area (Å²) in [6.45, 7) is 2.04. The third kappa shape index (κ3) is 3.46. The van der Waals surface area contributed by atoms with Gasteiger partial charge in [0.1, 0.15) is 5.75 Å². The molecule has 0 heterocycles. The molecule has 120 valence electrons. The second-order valence-corrected chi connectivity index (χ2v) is 5.60. The van der Waals surface area contributed by atoms with Crippen molar-refractivity contribution >= 4 is 11.6 Å². The summed E-state index contributed by atoms with van der Waals surface area (Å²) in [7, 11) is 1.60. The molecule has 0 atom stereocenters. The zero-order valence-corrected chi connectivity index (χ0v) is 13.7. The van der Waals surface area contributed by atoms with Crippen LogP contribution in [0, 0.1) is 6.92 Å². The number of hydrogen-bond acceptors (Lipinski definition) is 2. The predicted octanol–water partition coefficient (Wildman–Crippen LogP) is 4.92. The molecule has 1 N–H and O–H groups in total. The van der Waals surface area contributed by atoms with Gasteiger partial charge in [-0.05, 0) is 48.9 Å². The lowest BCUT2D eigenvalue weighted by Gasteiger charge is -2.13. The molecule has 0 aromatic heterocycles. The van der Waals surface area contributed by atoms with Gasteiger partial charge >= 0.3 is 0 Å². The number of rotatable bonds is 4. The average Bonchev–Trinajstić information content (AvgIpc) is 2.64. The highest BCUT2D eigenvalue weighted by molar-refractivity contribution is 6.06. The number of aryl methyl sites for hydroxylation is 1. The van der Waals surface area contributed by atoms with Gasteiger partial charge in [-0.2, -0.15) is 0 Å². The van der Waals surface area contributed by atoms with Crippen LogP contribution in [0.1, 0.15) is 15.9 Å². The first kappa shape index (κ1) is 15.8. The Balaban J connectivity index is 1.90. The van der Waals surface area contributed by atoms with Crippen molar-refractivity contribution in [1.29, 1.82) is 0 Å². The van der Waals surface area contributed by atoms with Crippen LogP contribution in [0.5, 0.6) is 5.75 Å². The Morgan fingerprint density at radius 1 is 0.917 bits per heavy atom. The summed E-state index contributed by atoms with van der Waals surface area (Å²) in [5.74, 6) is 0.588. The van der Waals surface area contributed by atoms with Gasteiger partial charge in [-0.15, -0.1) is 0 Å². The molecule has 1 amide bonds. The summed E-state index contributed by atoms with van der Waals surface area (Å²) in [6, 6.07) is 23.1. The molecule has 0 saturated carbocycles. The number of carbonyl (C=O) groups excluding carboxylic acids is 1. The number of benzene rings is 3. The van der Waals surface area contributed by atoms with Crippen molar-refractivity contribution in [3.8, 4) is 16.9 Å². The van der Waals surface area contributed by atoms with Crippen molar-refractivity contribution in [3.05, 3.63) is 83.9 Å². The van der Waals surface area contributed by atoms with Gasteiger partial charge in [-0.25, -0.2) is 0 Å². The van der Waals surface area contributed by atoms with Crippen molar-refractivity contribution in [2.24, 2.45) is 0 Å². The fourth-order valence-corrected chi connectivity index (χ4v) is 2.56. The highest BCUT2D eigenvalue weighted by Crippen LogP contribution is 2.29. The Bertz CT molecular complexity index is 839. The molecule has 0 fully saturated rings. The third-order valence-corrected chi connectivity index (χ3v) is 3.86. The highest BCUT2D eigenvalue weighted by atomic mass is 16.5. The van der Waals surface area contributed by atoms with Crippen molar-refractivity contribution in [2.45, 2.75) is 6.92 Å². The molecule has 24 heavy (non-hydrogen) atoms. The molecule has 3 nitrogen and oxygen atoms in total. The van der Waals surface area contributed by atoms with Crippen LogP contribution >= 0.6 is 0 Å². The maximum absolute atomic E-state index is 12.5. The van der Waals surface area contributed by atoms with E-state index in [0.717, 1.165) is 28.1 Å². The van der Waals surface area contributed by atoms with Crippen LogP contribution < -0.4 is 10.1 Å². The second kappa shape index (κ2) is 7.01. The lowest BCUT2D eigenvalue weighted by atomic mass is 10.0. The summed E-state index contributed by atoms with van der Waals surface area (Å²) >= 11 is 0. The first-order valence-corrected chi connectivity index (χ1v) is 7.79. The zero-order chi connectivity index (χ0) is 16.9. The number of amides is 1. The average molecular weight is 317 g/mol. The Labute approximate surface area is 141 Å². The van der Waals surface area contributed by atoms with Crippen LogP contribution in [0.4, 0.5) is 5.69 Å². The molecule has 0 bridgehead atoms. The van der Waals surface area contributed by atoms with E-state index in [-0.39, 0.29) is 5.91 Å². The monoisotopic (exact) mass is 317 g/mol. The summed E-state index contributed by atoms with van der Waals surface area (Å²) < 4.78 is 5.13. The van der Waals surface area contributed by atoms with Gasteiger partial charge in [0.15, 0.2) is 0 Å². The van der Waals surface area contributed by atoms with Crippen molar-refractivity contribution < 1.29 is 9.53 Å². The van der Waals surface area contributed by atoms with E-state index in [4.69, 9.17) is 4.74 Å². The van der Waals surface area contributed by atoms with Crippen LogP contribution in [0.3, 0.4) is 0 Å². The van der Waals surface area contributed by atoms with Gasteiger partial charge < -0.3 is 10.1 Å². The molecular formula is C21H19NO2. The van der Waals surface area contributed by atoms with Crippen LogP contribution in [0.25, 0.3) is 11.1 Å². The minimum atomic E-state index is -0.140. The maximum atomic E-state index is 12.5. The number of nitrogens with one attached hydrogen (secondary N) is 1. The van der Waals surface area contributed by atoms with Crippen LogP contribution in [0.2, 0.25) is 0 Å². The molecule has 3 aromatic carbocycles. The van der Waals surface area contributed by atoms with Gasteiger partial charge in [-0.3, -0.25) is 4.79 Å². The molecule has 0 radical (unpaired) electrons. The molecule has 0 aliphatic heterocycles. The fraction of sp³-hybridized carbons (Fsp3) is 0.0952. The summed E-state index contributed by atoms with van der Waals surface area (Å²) in [5.41, 5.74) is 4.63. The summed E-state index contributed by atoms with van der Waals surface area (Å²) in [6.07, 6.45) is 0. The van der Waals surface area contributed by atoms with Gasteiger partial charge in [0.25, 0.3) is 5.91 Å². The van der Waals surface area contributed by atoms with Gasteiger partial charge in [0, 0.05) is 16.8 Å². The van der Waals surface area contributed by atoms with E-state index in [9.17, 15) is 4.79 Å². The lowest BCUT2D eigenvalue weighted by molar-refractivity contribution is 0.102. The topological polar surface area (TPSA) is 38.3 Å². The third-order valence-electron chi connectivity index (χ3n) is 3.86. The predicted molar refractivity (Wildman–Crippen MR) is 97.6 cm³/mol. The molecule has 0 spiro atoms. The Morgan fingerprint density at radius 2 is 1.62 bits per heavy atom. The SMILES string of the molecule is COc1ccc(C(=O)Nc2ccc(C)cc2-c2ccccc2)cc1. The van der Waals surface area contributed by atoms with Gasteiger partial charge in [0.05, 0.1) is 7.11 Å². The summed E-state index contributed by atoms with van der Waals surface area (Å²) in [4.78, 5) is 12.5. The standard InChI is InChI=1S/C21H19NO2/c1-15-8-13-20(19(14-15)16-6-4-3-5-7-16)22-21(23)17-9-11-18(24-2)12-10-17/h3-14H,1-2H3,(H,22,23). The Morgan fingerprint density at radius 3 is 2.29 bits per heavy atom. The van der Waals surface area contributed by atoms with E-state index in [0.29, 0.717) is 5.56 Å². The first-order valence-electron chi connectivity index (χ1n) is 7.79. The smallest absolute Gasteiger partial charge is 0.255 e. The molecule has 3 heteroatoms. The van der Waals surface area contributed by atoms with Crippen molar-refractivity contribution in [1.82, 2.24) is 0 Å². The van der Waals surface area contributed by atoms with Crippen LogP contribution in [-0.2, 0) is 0 Å². The largest absolute Gasteiger partial charge is 0.497 e. The minimum absolute atomic E-state index is 0.140. The van der Waals surface area contributed by atoms with E-state index < -0.39 is 0 Å². The first-order chi connectivity index (χ1) is 11.7. The number of ether oxygens (including phenoxy) is 1. The minimum Gasteiger partial charge on any atom is -0.497 e. The quantitative estimate of drug-likeness (QED) is 0.741. The van der Waals surface area contributed by atoms with E-state index in [2.05, 4.69) is 11.4 Å². The number of carbonyl (C=O) groups is 1. The van der Waals surface area contributed by atoms with E-state index >= 15 is 0 Å². The van der Waals surface area contributed by atoms with Crippen molar-refractivity contribution in [2.75, 3.05) is 12.4 Å². The molecule has 0 saturated heterocycles. The van der Waals surface area contributed by atoms with Gasteiger partial charge in [-0.1, -0.05) is 42.0 Å². The zero-order valence-electron chi connectivity index (χ0n) is 13.7. The summed E-state index contributed by atoms with van der Waals surface area (Å²) in [5, 5.41) is 3.01. The molecule has 3 rings (SSSR count). The molecular weight excluding hydrogens is 298 g/mol. The molecule has 0 aliphatic rings. The fourth-order valence-electron chi connectivity index (χ4n) is 2.56.